The fourth-order valence-corrected chi connectivity index (χ4v) is 3.73. The summed E-state index contributed by atoms with van der Waals surface area (Å²) in [4.78, 5) is 16.6. The fourth-order valence-electron chi connectivity index (χ4n) is 2.78. The first kappa shape index (κ1) is 15.0. The quantitative estimate of drug-likeness (QED) is 0.643. The highest BCUT2D eigenvalue weighted by molar-refractivity contribution is 7.13. The molecule has 6 heteroatoms. The summed E-state index contributed by atoms with van der Waals surface area (Å²) in [6.45, 7) is 5.95. The van der Waals surface area contributed by atoms with Gasteiger partial charge >= 0.3 is 0 Å². The Hall–Kier alpha value is -1.92. The molecule has 2 aromatic rings. The van der Waals surface area contributed by atoms with Crippen LogP contribution < -0.4 is 4.90 Å². The molecule has 0 bridgehead atoms. The van der Waals surface area contributed by atoms with E-state index in [-0.39, 0.29) is 10.6 Å². The smallest absolute Gasteiger partial charge is 0.278 e. The van der Waals surface area contributed by atoms with Crippen molar-refractivity contribution in [2.45, 2.75) is 6.92 Å². The van der Waals surface area contributed by atoms with Crippen LogP contribution in [0.3, 0.4) is 0 Å². The first-order chi connectivity index (χ1) is 10.6. The summed E-state index contributed by atoms with van der Waals surface area (Å²) >= 11 is 1.56. The maximum absolute atomic E-state index is 11.3. The van der Waals surface area contributed by atoms with Gasteiger partial charge in [0.25, 0.3) is 5.69 Å². The number of benzene rings is 1. The summed E-state index contributed by atoms with van der Waals surface area (Å²) in [5.74, 6) is 0. The van der Waals surface area contributed by atoms with Crippen molar-refractivity contribution >= 4 is 22.7 Å². The molecule has 1 aliphatic heterocycles. The topological polar surface area (TPSA) is 49.6 Å². The van der Waals surface area contributed by atoms with Crippen LogP contribution >= 0.6 is 11.3 Å². The number of nitrogens with zero attached hydrogens (tertiary/aromatic N) is 3. The Morgan fingerprint density at radius 2 is 1.91 bits per heavy atom. The molecule has 0 amide bonds. The highest BCUT2D eigenvalue weighted by atomic mass is 32.1. The number of hydrogen-bond acceptors (Lipinski definition) is 5. The van der Waals surface area contributed by atoms with Crippen molar-refractivity contribution in [3.63, 3.8) is 0 Å². The summed E-state index contributed by atoms with van der Waals surface area (Å²) in [5.41, 5.74) is 3.07. The van der Waals surface area contributed by atoms with E-state index in [0.29, 0.717) is 0 Å². The molecule has 0 spiro atoms. The number of nitro groups is 1. The van der Waals surface area contributed by atoms with E-state index >= 15 is 0 Å². The van der Waals surface area contributed by atoms with E-state index in [4.69, 9.17) is 0 Å². The number of rotatable bonds is 3. The SMILES string of the molecule is Cc1ccsc1-c1cc(N2CCN(C)CC2)ccc1[N+](=O)[O-]. The molecular weight excluding hydrogens is 298 g/mol. The van der Waals surface area contributed by atoms with E-state index in [2.05, 4.69) is 16.8 Å². The predicted octanol–water partition coefficient (Wildman–Crippen LogP) is 3.38. The van der Waals surface area contributed by atoms with E-state index in [1.165, 1.54) is 0 Å². The zero-order valence-corrected chi connectivity index (χ0v) is 13.6. The molecule has 0 atom stereocenters. The molecule has 0 aliphatic carbocycles. The largest absolute Gasteiger partial charge is 0.369 e. The lowest BCUT2D eigenvalue weighted by molar-refractivity contribution is -0.384. The molecule has 0 unspecified atom stereocenters. The van der Waals surface area contributed by atoms with Gasteiger partial charge in [0.15, 0.2) is 0 Å². The second-order valence-electron chi connectivity index (χ2n) is 5.68. The minimum absolute atomic E-state index is 0.184. The summed E-state index contributed by atoms with van der Waals surface area (Å²) in [6.07, 6.45) is 0. The second-order valence-corrected chi connectivity index (χ2v) is 6.60. The molecule has 1 saturated heterocycles. The second kappa shape index (κ2) is 6.06. The average molecular weight is 317 g/mol. The molecule has 116 valence electrons. The maximum Gasteiger partial charge on any atom is 0.278 e. The predicted molar refractivity (Wildman–Crippen MR) is 90.9 cm³/mol. The Labute approximate surface area is 133 Å². The van der Waals surface area contributed by atoms with Crippen molar-refractivity contribution in [1.29, 1.82) is 0 Å². The summed E-state index contributed by atoms with van der Waals surface area (Å²) in [7, 11) is 2.12. The highest BCUT2D eigenvalue weighted by Crippen LogP contribution is 2.38. The van der Waals surface area contributed by atoms with Gasteiger partial charge < -0.3 is 9.80 Å². The van der Waals surface area contributed by atoms with Gasteiger partial charge in [-0.2, -0.15) is 0 Å². The van der Waals surface area contributed by atoms with E-state index < -0.39 is 0 Å². The van der Waals surface area contributed by atoms with Gasteiger partial charge in [-0.3, -0.25) is 10.1 Å². The van der Waals surface area contributed by atoms with Gasteiger partial charge in [0.2, 0.25) is 0 Å². The number of thiophene rings is 1. The minimum Gasteiger partial charge on any atom is -0.369 e. The van der Waals surface area contributed by atoms with Gasteiger partial charge in [0.05, 0.1) is 10.5 Å². The van der Waals surface area contributed by atoms with Gasteiger partial charge in [-0.1, -0.05) is 0 Å². The van der Waals surface area contributed by atoms with Crippen molar-refractivity contribution in [2.24, 2.45) is 0 Å². The molecule has 5 nitrogen and oxygen atoms in total. The Kier molecular flexibility index (Phi) is 4.13. The molecule has 1 aromatic heterocycles. The van der Waals surface area contributed by atoms with Gasteiger partial charge in [-0.05, 0) is 43.1 Å². The number of anilines is 1. The fraction of sp³-hybridized carbons (Fsp3) is 0.375. The van der Waals surface area contributed by atoms with Crippen LogP contribution in [-0.4, -0.2) is 43.0 Å². The van der Waals surface area contributed by atoms with Crippen LogP contribution in [0.2, 0.25) is 0 Å². The number of likely N-dealkylation sites (N-methyl/N-ethyl adjacent to an activating group) is 1. The van der Waals surface area contributed by atoms with Crippen LogP contribution in [0.4, 0.5) is 11.4 Å². The first-order valence-corrected chi connectivity index (χ1v) is 8.20. The number of hydrogen-bond donors (Lipinski definition) is 0. The molecule has 22 heavy (non-hydrogen) atoms. The van der Waals surface area contributed by atoms with Gasteiger partial charge in [-0.25, -0.2) is 0 Å². The molecule has 1 aromatic carbocycles. The lowest BCUT2D eigenvalue weighted by Gasteiger charge is -2.34. The molecule has 2 heterocycles. The van der Waals surface area contributed by atoms with Crippen LogP contribution in [-0.2, 0) is 0 Å². The lowest BCUT2D eigenvalue weighted by atomic mass is 10.1. The number of aryl methyl sites for hydroxylation is 1. The van der Waals surface area contributed by atoms with Crippen molar-refractivity contribution in [1.82, 2.24) is 4.90 Å². The van der Waals surface area contributed by atoms with E-state index in [1.54, 1.807) is 17.4 Å². The zero-order valence-electron chi connectivity index (χ0n) is 12.8. The van der Waals surface area contributed by atoms with Crippen LogP contribution in [0, 0.1) is 17.0 Å². The maximum atomic E-state index is 11.3. The molecule has 3 rings (SSSR count). The molecule has 1 fully saturated rings. The monoisotopic (exact) mass is 317 g/mol. The van der Waals surface area contributed by atoms with E-state index in [0.717, 1.165) is 47.9 Å². The Morgan fingerprint density at radius 3 is 2.50 bits per heavy atom. The van der Waals surface area contributed by atoms with Gasteiger partial charge in [0.1, 0.15) is 0 Å². The van der Waals surface area contributed by atoms with Crippen LogP contribution in [0.15, 0.2) is 29.6 Å². The summed E-state index contributed by atoms with van der Waals surface area (Å²) in [6, 6.07) is 7.49. The molecule has 0 N–H and O–H groups in total. The van der Waals surface area contributed by atoms with Crippen molar-refractivity contribution in [3.05, 3.63) is 45.3 Å². The minimum atomic E-state index is -0.289. The molecule has 0 saturated carbocycles. The van der Waals surface area contributed by atoms with Crippen LogP contribution in [0.25, 0.3) is 10.4 Å². The summed E-state index contributed by atoms with van der Waals surface area (Å²) in [5, 5.41) is 13.3. The molecule has 1 aliphatic rings. The Bertz CT molecular complexity index is 690. The standard InChI is InChI=1S/C16H19N3O2S/c1-12-5-10-22-16(12)14-11-13(3-4-15(14)19(20)21)18-8-6-17(2)7-9-18/h3-5,10-11H,6-9H2,1-2H3. The first-order valence-electron chi connectivity index (χ1n) is 7.32. The number of nitro benzene ring substituents is 1. The lowest BCUT2D eigenvalue weighted by Crippen LogP contribution is -2.44. The zero-order chi connectivity index (χ0) is 15.7. The molecule has 0 radical (unpaired) electrons. The van der Waals surface area contributed by atoms with E-state index in [1.807, 2.05) is 30.5 Å². The van der Waals surface area contributed by atoms with Crippen molar-refractivity contribution in [2.75, 3.05) is 38.1 Å². The Balaban J connectivity index is 2.01. The van der Waals surface area contributed by atoms with Crippen molar-refractivity contribution < 1.29 is 4.92 Å². The summed E-state index contributed by atoms with van der Waals surface area (Å²) < 4.78 is 0. The van der Waals surface area contributed by atoms with Gasteiger partial charge in [0, 0.05) is 42.8 Å². The third kappa shape index (κ3) is 2.84. The van der Waals surface area contributed by atoms with Crippen LogP contribution in [0.1, 0.15) is 5.56 Å². The third-order valence-corrected chi connectivity index (χ3v) is 5.20. The third-order valence-electron chi connectivity index (χ3n) is 4.15. The van der Waals surface area contributed by atoms with Crippen LogP contribution in [0.5, 0.6) is 0 Å². The van der Waals surface area contributed by atoms with Crippen molar-refractivity contribution in [3.8, 4) is 10.4 Å². The molecular formula is C16H19N3O2S. The number of piperazine rings is 1. The Morgan fingerprint density at radius 1 is 1.18 bits per heavy atom. The van der Waals surface area contributed by atoms with Gasteiger partial charge in [-0.15, -0.1) is 11.3 Å². The highest BCUT2D eigenvalue weighted by Gasteiger charge is 2.21. The normalized spacial score (nSPS) is 16.0. The average Bonchev–Trinajstić information content (AvgIpc) is 2.93. The van der Waals surface area contributed by atoms with E-state index in [9.17, 15) is 10.1 Å².